The van der Waals surface area contributed by atoms with Crippen LogP contribution < -0.4 is 9.75 Å². The normalized spacial score (nSPS) is 19.2. The van der Waals surface area contributed by atoms with Crippen molar-refractivity contribution in [2.45, 2.75) is 18.4 Å². The highest BCUT2D eigenvalue weighted by molar-refractivity contribution is 6.71. The van der Waals surface area contributed by atoms with Gasteiger partial charge in [0.25, 0.3) is 5.91 Å². The lowest BCUT2D eigenvalue weighted by Crippen LogP contribution is -2.59. The van der Waals surface area contributed by atoms with E-state index in [1.165, 1.54) is 7.05 Å². The van der Waals surface area contributed by atoms with Crippen LogP contribution in [-0.4, -0.2) is 47.2 Å². The molecule has 9 nitrogen and oxygen atoms in total. The Morgan fingerprint density at radius 3 is 2.26 bits per heavy atom. The Kier molecular flexibility index (Phi) is 5.74. The first-order chi connectivity index (χ1) is 16.6. The molecule has 1 unspecified atom stereocenters. The highest BCUT2D eigenvalue weighted by atomic mass is 19.4. The summed E-state index contributed by atoms with van der Waals surface area (Å²) in [5.41, 5.74) is -1.89. The predicted molar refractivity (Wildman–Crippen MR) is 116 cm³/mol. The largest absolute Gasteiger partial charge is 0.573 e. The minimum atomic E-state index is -4.91. The van der Waals surface area contributed by atoms with Gasteiger partial charge in [0.1, 0.15) is 17.9 Å². The number of carbonyl (C=O) groups excluding carboxylic acids is 2. The number of benzene rings is 2. The zero-order valence-corrected chi connectivity index (χ0v) is 18.0. The van der Waals surface area contributed by atoms with E-state index in [4.69, 9.17) is 0 Å². The number of hydrogen-bond donors (Lipinski definition) is 0. The Bertz CT molecular complexity index is 1310. The highest BCUT2D eigenvalue weighted by Gasteiger charge is 2.50. The predicted octanol–water partition coefficient (Wildman–Crippen LogP) is 2.80. The number of alkyl halides is 3. The molecule has 4 rings (SSSR count). The molecule has 1 fully saturated rings. The lowest BCUT2D eigenvalue weighted by Gasteiger charge is -2.38. The first-order valence-corrected chi connectivity index (χ1v) is 10.1. The second kappa shape index (κ2) is 8.57. The molecule has 2 heterocycles. The van der Waals surface area contributed by atoms with Crippen LogP contribution in [0, 0.1) is 28.6 Å². The molecule has 12 heteroatoms. The molecule has 0 radical (unpaired) electrons. The molecular formula is C23H15F3N6O3. The van der Waals surface area contributed by atoms with Crippen molar-refractivity contribution in [3.8, 4) is 17.9 Å². The molecule has 2 aliphatic heterocycles. The molecule has 0 aliphatic carbocycles. The quantitative estimate of drug-likeness (QED) is 0.621. The minimum Gasteiger partial charge on any atom is -0.406 e. The topological polar surface area (TPSA) is 122 Å². The van der Waals surface area contributed by atoms with Crippen molar-refractivity contribution in [1.82, 2.24) is 4.90 Å². The standard InChI is InChI=1S/C23H15F3N6O3/c1-31-20(33)17(11-14-5-3-2-4-6-14)18-19(21(31)34)30-32(22(12-27,13-28)29-18)15-7-9-16(10-8-15)35-23(24,25)26/h2-10,17H,11H2,1H3. The Balaban J connectivity index is 1.79. The third-order valence-corrected chi connectivity index (χ3v) is 5.41. The molecule has 0 aromatic heterocycles. The van der Waals surface area contributed by atoms with Crippen LogP contribution in [0.2, 0.25) is 0 Å². The van der Waals surface area contributed by atoms with Gasteiger partial charge in [-0.25, -0.2) is 10.0 Å². The molecule has 35 heavy (non-hydrogen) atoms. The van der Waals surface area contributed by atoms with Crippen molar-refractivity contribution < 1.29 is 27.5 Å². The van der Waals surface area contributed by atoms with Gasteiger partial charge in [-0.15, -0.1) is 13.2 Å². The van der Waals surface area contributed by atoms with E-state index in [2.05, 4.69) is 14.8 Å². The van der Waals surface area contributed by atoms with Gasteiger partial charge in [0.15, 0.2) is 5.71 Å². The summed E-state index contributed by atoms with van der Waals surface area (Å²) in [6, 6.07) is 16.6. The van der Waals surface area contributed by atoms with Crippen LogP contribution in [-0.2, 0) is 16.0 Å². The van der Waals surface area contributed by atoms with Crippen LogP contribution >= 0.6 is 0 Å². The van der Waals surface area contributed by atoms with Gasteiger partial charge in [-0.3, -0.25) is 14.5 Å². The average Bonchev–Trinajstić information content (AvgIpc) is 2.85. The maximum atomic E-state index is 13.0. The van der Waals surface area contributed by atoms with Gasteiger partial charge in [0.05, 0.1) is 17.3 Å². The van der Waals surface area contributed by atoms with E-state index in [-0.39, 0.29) is 23.5 Å². The second-order valence-electron chi connectivity index (χ2n) is 7.64. The summed E-state index contributed by atoms with van der Waals surface area (Å²) < 4.78 is 41.3. The van der Waals surface area contributed by atoms with E-state index in [1.807, 2.05) is 0 Å². The fraction of sp³-hybridized carbons (Fsp3) is 0.217. The van der Waals surface area contributed by atoms with Crippen molar-refractivity contribution in [3.63, 3.8) is 0 Å². The van der Waals surface area contributed by atoms with Crippen LogP contribution in [0.1, 0.15) is 5.56 Å². The van der Waals surface area contributed by atoms with E-state index in [0.717, 1.165) is 39.7 Å². The maximum absolute atomic E-state index is 13.0. The van der Waals surface area contributed by atoms with Gasteiger partial charge in [0.2, 0.25) is 5.91 Å². The summed E-state index contributed by atoms with van der Waals surface area (Å²) in [6.45, 7) is 0. The number of carbonyl (C=O) groups is 2. The first kappa shape index (κ1) is 23.4. The molecule has 2 aliphatic rings. The van der Waals surface area contributed by atoms with E-state index >= 15 is 0 Å². The number of aliphatic imine (C=N–C) groups is 1. The maximum Gasteiger partial charge on any atom is 0.573 e. The minimum absolute atomic E-state index is 0.00452. The molecule has 0 saturated carbocycles. The molecule has 2 aromatic rings. The van der Waals surface area contributed by atoms with Gasteiger partial charge in [-0.2, -0.15) is 15.6 Å². The second-order valence-corrected chi connectivity index (χ2v) is 7.64. The summed E-state index contributed by atoms with van der Waals surface area (Å²) in [6.07, 6.45) is -4.76. The number of halogens is 3. The summed E-state index contributed by atoms with van der Waals surface area (Å²) in [5, 5.41) is 24.8. The summed E-state index contributed by atoms with van der Waals surface area (Å²) >= 11 is 0. The molecule has 176 valence electrons. The molecular weight excluding hydrogens is 465 g/mol. The van der Waals surface area contributed by atoms with Crippen molar-refractivity contribution in [2.24, 2.45) is 16.0 Å². The molecule has 1 atom stereocenters. The lowest BCUT2D eigenvalue weighted by molar-refractivity contribution is -0.274. The number of hydrazone groups is 1. The Morgan fingerprint density at radius 2 is 1.69 bits per heavy atom. The van der Waals surface area contributed by atoms with Gasteiger partial charge in [0, 0.05) is 7.05 Å². The van der Waals surface area contributed by atoms with Gasteiger partial charge < -0.3 is 4.74 Å². The number of piperidine rings is 1. The van der Waals surface area contributed by atoms with Crippen LogP contribution in [0.4, 0.5) is 18.9 Å². The number of imide groups is 1. The zero-order chi connectivity index (χ0) is 25.4. The summed E-state index contributed by atoms with van der Waals surface area (Å²) in [7, 11) is 1.28. The van der Waals surface area contributed by atoms with E-state index < -0.39 is 35.5 Å². The number of hydrogen-bond acceptors (Lipinski definition) is 8. The fourth-order valence-electron chi connectivity index (χ4n) is 3.74. The third-order valence-electron chi connectivity index (χ3n) is 5.41. The fourth-order valence-corrected chi connectivity index (χ4v) is 3.74. The number of fused-ring (bicyclic) bond motifs is 1. The number of amides is 2. The number of nitriles is 2. The van der Waals surface area contributed by atoms with Crippen molar-refractivity contribution in [1.29, 1.82) is 10.5 Å². The van der Waals surface area contributed by atoms with Crippen molar-refractivity contribution >= 4 is 28.9 Å². The molecule has 0 N–H and O–H groups in total. The van der Waals surface area contributed by atoms with E-state index in [0.29, 0.717) is 0 Å². The SMILES string of the molecule is CN1C(=O)C2=NN(c3ccc(OC(F)(F)F)cc3)C(C#N)(C#N)N=C2C(Cc2ccccc2)C1=O. The molecule has 2 aromatic carbocycles. The van der Waals surface area contributed by atoms with Crippen molar-refractivity contribution in [2.75, 3.05) is 12.1 Å². The summed E-state index contributed by atoms with van der Waals surface area (Å²) in [4.78, 5) is 31.0. The van der Waals surface area contributed by atoms with Crippen molar-refractivity contribution in [3.05, 3.63) is 60.2 Å². The highest BCUT2D eigenvalue weighted by Crippen LogP contribution is 2.34. The van der Waals surface area contributed by atoms with Crippen LogP contribution in [0.5, 0.6) is 5.75 Å². The Morgan fingerprint density at radius 1 is 1.06 bits per heavy atom. The Labute approximate surface area is 196 Å². The van der Waals surface area contributed by atoms with Crippen LogP contribution in [0.15, 0.2) is 64.7 Å². The zero-order valence-electron chi connectivity index (χ0n) is 18.0. The number of ether oxygens (including phenoxy) is 1. The van der Waals surface area contributed by atoms with Gasteiger partial charge in [-0.1, -0.05) is 30.3 Å². The monoisotopic (exact) mass is 480 g/mol. The van der Waals surface area contributed by atoms with Gasteiger partial charge in [-0.05, 0) is 36.2 Å². The number of nitrogens with zero attached hydrogens (tertiary/aromatic N) is 6. The lowest BCUT2D eigenvalue weighted by atomic mass is 9.86. The average molecular weight is 480 g/mol. The van der Waals surface area contributed by atoms with Crippen LogP contribution in [0.25, 0.3) is 0 Å². The number of anilines is 1. The molecule has 0 bridgehead atoms. The van der Waals surface area contributed by atoms with Gasteiger partial charge >= 0.3 is 12.0 Å². The Hall–Kier alpha value is -4.71. The molecule has 1 saturated heterocycles. The van der Waals surface area contributed by atoms with Crippen LogP contribution in [0.3, 0.4) is 0 Å². The number of likely N-dealkylation sites (tertiary alicyclic amines) is 1. The molecule has 2 amide bonds. The summed E-state index contributed by atoms with van der Waals surface area (Å²) in [5.74, 6) is -2.87. The smallest absolute Gasteiger partial charge is 0.406 e. The third kappa shape index (κ3) is 4.29. The number of rotatable bonds is 4. The van der Waals surface area contributed by atoms with E-state index in [9.17, 15) is 33.3 Å². The molecule has 0 spiro atoms. The first-order valence-electron chi connectivity index (χ1n) is 10.1. The van der Waals surface area contributed by atoms with E-state index in [1.54, 1.807) is 42.5 Å².